The molecule has 0 aliphatic heterocycles. The molecular weight excluding hydrogens is 381 g/mol. The molecule has 18 heavy (non-hydrogen) atoms. The van der Waals surface area contributed by atoms with Crippen LogP contribution in [-0.2, 0) is 0 Å². The van der Waals surface area contributed by atoms with Crippen LogP contribution >= 0.6 is 45.5 Å². The van der Waals surface area contributed by atoms with Crippen molar-refractivity contribution in [3.63, 3.8) is 0 Å². The van der Waals surface area contributed by atoms with Crippen LogP contribution in [0, 0.1) is 3.57 Å². The Kier molecular flexibility index (Phi) is 4.64. The Labute approximate surface area is 129 Å². The van der Waals surface area contributed by atoms with Crippen molar-refractivity contribution in [1.29, 1.82) is 0 Å². The van der Waals surface area contributed by atoms with Gasteiger partial charge in [-0.05, 0) is 59.8 Å². The second-order valence-electron chi connectivity index (χ2n) is 3.85. The lowest BCUT2D eigenvalue weighted by Crippen LogP contribution is -2.26. The molecule has 1 amide bonds. The van der Waals surface area contributed by atoms with Crippen molar-refractivity contribution in [1.82, 2.24) is 5.32 Å². The van der Waals surface area contributed by atoms with Gasteiger partial charge >= 0.3 is 0 Å². The summed E-state index contributed by atoms with van der Waals surface area (Å²) in [7, 11) is 0. The standard InChI is InChI=1S/C13H11ClINOS/c1-8(11-5-6-12(14)18-11)16-13(17)9-3-2-4-10(15)7-9/h2-8H,1H3,(H,16,17). The average molecular weight is 392 g/mol. The van der Waals surface area contributed by atoms with E-state index in [-0.39, 0.29) is 11.9 Å². The van der Waals surface area contributed by atoms with Crippen molar-refractivity contribution in [2.75, 3.05) is 0 Å². The lowest BCUT2D eigenvalue weighted by molar-refractivity contribution is 0.0940. The van der Waals surface area contributed by atoms with Gasteiger partial charge in [0, 0.05) is 14.0 Å². The quantitative estimate of drug-likeness (QED) is 0.767. The van der Waals surface area contributed by atoms with Gasteiger partial charge in [-0.15, -0.1) is 11.3 Å². The molecule has 1 N–H and O–H groups in total. The SMILES string of the molecule is CC(NC(=O)c1cccc(I)c1)c1ccc(Cl)s1. The van der Waals surface area contributed by atoms with Crippen LogP contribution in [0.2, 0.25) is 4.34 Å². The van der Waals surface area contributed by atoms with Crippen molar-refractivity contribution in [3.05, 3.63) is 54.7 Å². The Morgan fingerprint density at radius 1 is 1.39 bits per heavy atom. The minimum atomic E-state index is -0.0643. The van der Waals surface area contributed by atoms with E-state index in [4.69, 9.17) is 11.6 Å². The molecular formula is C13H11ClINOS. The highest BCUT2D eigenvalue weighted by Gasteiger charge is 2.13. The van der Waals surface area contributed by atoms with Crippen molar-refractivity contribution in [3.8, 4) is 0 Å². The fourth-order valence-corrected chi connectivity index (χ4v) is 3.15. The van der Waals surface area contributed by atoms with E-state index >= 15 is 0 Å². The Hall–Kier alpha value is -0.590. The van der Waals surface area contributed by atoms with Crippen molar-refractivity contribution >= 4 is 51.4 Å². The molecule has 0 fully saturated rings. The van der Waals surface area contributed by atoms with Crippen LogP contribution in [-0.4, -0.2) is 5.91 Å². The number of benzene rings is 1. The van der Waals surface area contributed by atoms with Crippen LogP contribution in [0.15, 0.2) is 36.4 Å². The largest absolute Gasteiger partial charge is 0.345 e. The van der Waals surface area contributed by atoms with E-state index in [1.54, 1.807) is 0 Å². The van der Waals surface area contributed by atoms with Crippen LogP contribution in [0.1, 0.15) is 28.2 Å². The molecule has 1 atom stereocenters. The van der Waals surface area contributed by atoms with Gasteiger partial charge in [0.25, 0.3) is 5.91 Å². The monoisotopic (exact) mass is 391 g/mol. The van der Waals surface area contributed by atoms with Gasteiger partial charge in [-0.2, -0.15) is 0 Å². The van der Waals surface area contributed by atoms with E-state index in [9.17, 15) is 4.79 Å². The first-order chi connectivity index (χ1) is 8.56. The maximum Gasteiger partial charge on any atom is 0.251 e. The number of carbonyl (C=O) groups excluding carboxylic acids is 1. The summed E-state index contributed by atoms with van der Waals surface area (Å²) >= 11 is 9.56. The van der Waals surface area contributed by atoms with E-state index in [1.807, 2.05) is 43.3 Å². The van der Waals surface area contributed by atoms with Crippen molar-refractivity contribution in [2.45, 2.75) is 13.0 Å². The number of hydrogen-bond donors (Lipinski definition) is 1. The third-order valence-corrected chi connectivity index (χ3v) is 4.54. The minimum Gasteiger partial charge on any atom is -0.345 e. The van der Waals surface area contributed by atoms with Gasteiger partial charge in [0.2, 0.25) is 0 Å². The number of rotatable bonds is 3. The summed E-state index contributed by atoms with van der Waals surface area (Å²) in [5.74, 6) is -0.0643. The van der Waals surface area contributed by atoms with Crippen LogP contribution in [0.25, 0.3) is 0 Å². The zero-order valence-electron chi connectivity index (χ0n) is 9.61. The zero-order chi connectivity index (χ0) is 13.1. The molecule has 0 aliphatic carbocycles. The first kappa shape index (κ1) is 13.8. The number of amides is 1. The molecule has 5 heteroatoms. The highest BCUT2D eigenvalue weighted by Crippen LogP contribution is 2.26. The van der Waals surface area contributed by atoms with E-state index in [2.05, 4.69) is 27.9 Å². The second kappa shape index (κ2) is 6.04. The molecule has 1 aromatic carbocycles. The van der Waals surface area contributed by atoms with Gasteiger partial charge in [0.1, 0.15) is 0 Å². The third kappa shape index (κ3) is 3.46. The van der Waals surface area contributed by atoms with Gasteiger partial charge in [0.05, 0.1) is 10.4 Å². The van der Waals surface area contributed by atoms with Gasteiger partial charge in [-0.3, -0.25) is 4.79 Å². The highest BCUT2D eigenvalue weighted by atomic mass is 127. The minimum absolute atomic E-state index is 0.0344. The molecule has 0 saturated carbocycles. The van der Waals surface area contributed by atoms with Crippen LogP contribution in [0.5, 0.6) is 0 Å². The molecule has 2 rings (SSSR count). The Bertz CT molecular complexity index is 570. The second-order valence-corrected chi connectivity index (χ2v) is 6.84. The highest BCUT2D eigenvalue weighted by molar-refractivity contribution is 14.1. The predicted molar refractivity (Wildman–Crippen MR) is 84.4 cm³/mol. The fraction of sp³-hybridized carbons (Fsp3) is 0.154. The normalized spacial score (nSPS) is 12.2. The number of thiophene rings is 1. The van der Waals surface area contributed by atoms with Crippen LogP contribution in [0.3, 0.4) is 0 Å². The first-order valence-corrected chi connectivity index (χ1v) is 7.65. The van der Waals surface area contributed by atoms with E-state index < -0.39 is 0 Å². The zero-order valence-corrected chi connectivity index (χ0v) is 13.3. The maximum atomic E-state index is 12.0. The summed E-state index contributed by atoms with van der Waals surface area (Å²) in [5, 5.41) is 2.96. The topological polar surface area (TPSA) is 29.1 Å². The number of carbonyl (C=O) groups is 1. The average Bonchev–Trinajstić information content (AvgIpc) is 2.76. The smallest absolute Gasteiger partial charge is 0.251 e. The summed E-state index contributed by atoms with van der Waals surface area (Å²) in [4.78, 5) is 13.1. The lowest BCUT2D eigenvalue weighted by Gasteiger charge is -2.12. The van der Waals surface area contributed by atoms with E-state index in [1.165, 1.54) is 11.3 Å². The van der Waals surface area contributed by atoms with Crippen molar-refractivity contribution < 1.29 is 4.79 Å². The molecule has 2 aromatic rings. The van der Waals surface area contributed by atoms with E-state index in [0.29, 0.717) is 5.56 Å². The Morgan fingerprint density at radius 3 is 2.78 bits per heavy atom. The Morgan fingerprint density at radius 2 is 2.17 bits per heavy atom. The maximum absolute atomic E-state index is 12.0. The van der Waals surface area contributed by atoms with Gasteiger partial charge in [-0.25, -0.2) is 0 Å². The predicted octanol–water partition coefficient (Wildman–Crippen LogP) is 4.50. The number of nitrogens with one attached hydrogen (secondary N) is 1. The molecule has 1 aromatic heterocycles. The molecule has 2 nitrogen and oxygen atoms in total. The molecule has 1 heterocycles. The van der Waals surface area contributed by atoms with Gasteiger partial charge in [0.15, 0.2) is 0 Å². The summed E-state index contributed by atoms with van der Waals surface area (Å²) in [6, 6.07) is 11.3. The van der Waals surface area contributed by atoms with Crippen LogP contribution in [0.4, 0.5) is 0 Å². The molecule has 1 unspecified atom stereocenters. The first-order valence-electron chi connectivity index (χ1n) is 5.38. The third-order valence-electron chi connectivity index (χ3n) is 2.46. The van der Waals surface area contributed by atoms with Crippen LogP contribution < -0.4 is 5.32 Å². The van der Waals surface area contributed by atoms with E-state index in [0.717, 1.165) is 12.8 Å². The summed E-state index contributed by atoms with van der Waals surface area (Å²) < 4.78 is 1.78. The molecule has 0 saturated heterocycles. The number of hydrogen-bond acceptors (Lipinski definition) is 2. The molecule has 0 aliphatic rings. The summed E-state index contributed by atoms with van der Waals surface area (Å²) in [5.41, 5.74) is 0.677. The van der Waals surface area contributed by atoms with Gasteiger partial charge < -0.3 is 5.32 Å². The summed E-state index contributed by atoms with van der Waals surface area (Å²) in [6.45, 7) is 1.95. The summed E-state index contributed by atoms with van der Waals surface area (Å²) in [6.07, 6.45) is 0. The molecule has 0 radical (unpaired) electrons. The Balaban J connectivity index is 2.08. The molecule has 0 bridgehead atoms. The molecule has 0 spiro atoms. The number of halogens is 2. The van der Waals surface area contributed by atoms with Crippen molar-refractivity contribution in [2.24, 2.45) is 0 Å². The van der Waals surface area contributed by atoms with Gasteiger partial charge in [-0.1, -0.05) is 17.7 Å². The fourth-order valence-electron chi connectivity index (χ4n) is 1.54. The molecule has 94 valence electrons. The lowest BCUT2D eigenvalue weighted by atomic mass is 10.2.